The molecule has 2 N–H and O–H groups in total. The molecule has 2 heteroatoms. The van der Waals surface area contributed by atoms with Crippen LogP contribution in [0.15, 0.2) is 28.7 Å². The van der Waals surface area contributed by atoms with E-state index in [1.165, 1.54) is 12.0 Å². The largest absolute Gasteiger partial charge is 0.325 e. The molecule has 0 saturated heterocycles. The van der Waals surface area contributed by atoms with Crippen LogP contribution in [0.2, 0.25) is 0 Å². The SMILES string of the molecule is C[C@@]1(N)CC[C@@H](c2ccc(Br)cc2)C1. The second kappa shape index (κ2) is 3.67. The predicted octanol–water partition coefficient (Wildman–Crippen LogP) is 3.43. The topological polar surface area (TPSA) is 26.0 Å². The summed E-state index contributed by atoms with van der Waals surface area (Å²) in [5, 5.41) is 0. The lowest BCUT2D eigenvalue weighted by Gasteiger charge is -2.17. The molecule has 0 spiro atoms. The maximum atomic E-state index is 6.13. The molecule has 1 aliphatic carbocycles. The standard InChI is InChI=1S/C12H16BrN/c1-12(14)7-6-10(8-12)9-2-4-11(13)5-3-9/h2-5,10H,6-8,14H2,1H3/t10-,12-/m1/s1. The van der Waals surface area contributed by atoms with Gasteiger partial charge in [-0.3, -0.25) is 0 Å². The van der Waals surface area contributed by atoms with Crippen molar-refractivity contribution in [3.8, 4) is 0 Å². The van der Waals surface area contributed by atoms with E-state index in [1.807, 2.05) is 0 Å². The number of halogens is 1. The maximum Gasteiger partial charge on any atom is 0.0175 e. The Balaban J connectivity index is 2.14. The molecule has 76 valence electrons. The van der Waals surface area contributed by atoms with Crippen molar-refractivity contribution in [2.24, 2.45) is 5.73 Å². The summed E-state index contributed by atoms with van der Waals surface area (Å²) in [6.45, 7) is 2.16. The zero-order valence-electron chi connectivity index (χ0n) is 8.46. The van der Waals surface area contributed by atoms with Crippen LogP contribution in [0.5, 0.6) is 0 Å². The third-order valence-electron chi connectivity index (χ3n) is 3.12. The fourth-order valence-electron chi connectivity index (χ4n) is 2.29. The highest BCUT2D eigenvalue weighted by molar-refractivity contribution is 9.10. The molecule has 1 aromatic carbocycles. The van der Waals surface area contributed by atoms with Gasteiger partial charge in [-0.1, -0.05) is 28.1 Å². The summed E-state index contributed by atoms with van der Waals surface area (Å²) in [5.41, 5.74) is 7.61. The predicted molar refractivity (Wildman–Crippen MR) is 63.3 cm³/mol. The molecule has 0 radical (unpaired) electrons. The van der Waals surface area contributed by atoms with E-state index in [4.69, 9.17) is 5.73 Å². The summed E-state index contributed by atoms with van der Waals surface area (Å²) in [7, 11) is 0. The molecule has 2 atom stereocenters. The van der Waals surface area contributed by atoms with Gasteiger partial charge in [-0.05, 0) is 49.8 Å². The van der Waals surface area contributed by atoms with Gasteiger partial charge in [0.15, 0.2) is 0 Å². The minimum atomic E-state index is 0.0533. The number of nitrogens with two attached hydrogens (primary N) is 1. The molecule has 0 unspecified atom stereocenters. The van der Waals surface area contributed by atoms with Crippen molar-refractivity contribution in [2.45, 2.75) is 37.6 Å². The number of benzene rings is 1. The van der Waals surface area contributed by atoms with Crippen molar-refractivity contribution in [3.05, 3.63) is 34.3 Å². The van der Waals surface area contributed by atoms with Gasteiger partial charge in [-0.25, -0.2) is 0 Å². The molecule has 1 fully saturated rings. The van der Waals surface area contributed by atoms with Gasteiger partial charge in [0.1, 0.15) is 0 Å². The Morgan fingerprint density at radius 3 is 2.50 bits per heavy atom. The number of rotatable bonds is 1. The molecule has 0 aromatic heterocycles. The summed E-state index contributed by atoms with van der Waals surface area (Å²) in [6.07, 6.45) is 3.50. The fourth-order valence-corrected chi connectivity index (χ4v) is 2.55. The van der Waals surface area contributed by atoms with Crippen LogP contribution >= 0.6 is 15.9 Å². The highest BCUT2D eigenvalue weighted by Crippen LogP contribution is 2.39. The molecule has 0 bridgehead atoms. The lowest BCUT2D eigenvalue weighted by Crippen LogP contribution is -2.32. The molecular formula is C12H16BrN. The summed E-state index contributed by atoms with van der Waals surface area (Å²) in [5.74, 6) is 0.665. The van der Waals surface area contributed by atoms with Crippen LogP contribution in [0, 0.1) is 0 Å². The van der Waals surface area contributed by atoms with Crippen LogP contribution in [-0.2, 0) is 0 Å². The van der Waals surface area contributed by atoms with Gasteiger partial charge in [-0.15, -0.1) is 0 Å². The summed E-state index contributed by atoms with van der Waals surface area (Å²) >= 11 is 3.45. The lowest BCUT2D eigenvalue weighted by molar-refractivity contribution is 0.479. The minimum absolute atomic E-state index is 0.0533. The molecule has 14 heavy (non-hydrogen) atoms. The van der Waals surface area contributed by atoms with E-state index in [0.717, 1.165) is 17.3 Å². The van der Waals surface area contributed by atoms with Crippen molar-refractivity contribution < 1.29 is 0 Å². The summed E-state index contributed by atoms with van der Waals surface area (Å²) < 4.78 is 1.15. The van der Waals surface area contributed by atoms with Crippen LogP contribution in [0.1, 0.15) is 37.7 Å². The van der Waals surface area contributed by atoms with Crippen molar-refractivity contribution in [1.82, 2.24) is 0 Å². The molecular weight excluding hydrogens is 238 g/mol. The van der Waals surface area contributed by atoms with Crippen molar-refractivity contribution in [1.29, 1.82) is 0 Å². The fraction of sp³-hybridized carbons (Fsp3) is 0.500. The monoisotopic (exact) mass is 253 g/mol. The van der Waals surface area contributed by atoms with Crippen LogP contribution in [0.3, 0.4) is 0 Å². The van der Waals surface area contributed by atoms with Gasteiger partial charge in [0.25, 0.3) is 0 Å². The van der Waals surface area contributed by atoms with Gasteiger partial charge in [-0.2, -0.15) is 0 Å². The Kier molecular flexibility index (Phi) is 2.67. The van der Waals surface area contributed by atoms with E-state index in [2.05, 4.69) is 47.1 Å². The van der Waals surface area contributed by atoms with E-state index in [1.54, 1.807) is 0 Å². The van der Waals surface area contributed by atoms with Crippen LogP contribution in [0.4, 0.5) is 0 Å². The van der Waals surface area contributed by atoms with Gasteiger partial charge in [0, 0.05) is 10.0 Å². The zero-order valence-corrected chi connectivity index (χ0v) is 10.0. The molecule has 0 amide bonds. The second-order valence-electron chi connectivity index (χ2n) is 4.65. The van der Waals surface area contributed by atoms with E-state index in [9.17, 15) is 0 Å². The summed E-state index contributed by atoms with van der Waals surface area (Å²) in [4.78, 5) is 0. The van der Waals surface area contributed by atoms with Crippen molar-refractivity contribution in [3.63, 3.8) is 0 Å². The Morgan fingerprint density at radius 1 is 1.36 bits per heavy atom. The van der Waals surface area contributed by atoms with Gasteiger partial charge in [0.2, 0.25) is 0 Å². The third kappa shape index (κ3) is 2.18. The quantitative estimate of drug-likeness (QED) is 0.816. The first-order chi connectivity index (χ1) is 6.57. The average Bonchev–Trinajstić information content (AvgIpc) is 2.47. The second-order valence-corrected chi connectivity index (χ2v) is 5.56. The average molecular weight is 254 g/mol. The Hall–Kier alpha value is -0.340. The van der Waals surface area contributed by atoms with E-state index >= 15 is 0 Å². The Morgan fingerprint density at radius 2 is 2.00 bits per heavy atom. The molecule has 0 aliphatic heterocycles. The van der Waals surface area contributed by atoms with Crippen LogP contribution in [-0.4, -0.2) is 5.54 Å². The highest BCUT2D eigenvalue weighted by atomic mass is 79.9. The molecule has 1 aliphatic rings. The summed E-state index contributed by atoms with van der Waals surface area (Å²) in [6, 6.07) is 8.63. The first kappa shape index (κ1) is 10.2. The lowest BCUT2D eigenvalue weighted by atomic mass is 9.94. The first-order valence-corrected chi connectivity index (χ1v) is 5.90. The zero-order chi connectivity index (χ0) is 10.2. The minimum Gasteiger partial charge on any atom is -0.325 e. The normalized spacial score (nSPS) is 32.1. The van der Waals surface area contributed by atoms with Crippen molar-refractivity contribution in [2.75, 3.05) is 0 Å². The van der Waals surface area contributed by atoms with Crippen LogP contribution < -0.4 is 5.73 Å². The van der Waals surface area contributed by atoms with Crippen LogP contribution in [0.25, 0.3) is 0 Å². The van der Waals surface area contributed by atoms with Gasteiger partial charge >= 0.3 is 0 Å². The third-order valence-corrected chi connectivity index (χ3v) is 3.65. The molecule has 1 nitrogen and oxygen atoms in total. The van der Waals surface area contributed by atoms with E-state index in [-0.39, 0.29) is 5.54 Å². The number of hydrogen-bond acceptors (Lipinski definition) is 1. The smallest absolute Gasteiger partial charge is 0.0175 e. The van der Waals surface area contributed by atoms with Gasteiger partial charge < -0.3 is 5.73 Å². The molecule has 2 rings (SSSR count). The highest BCUT2D eigenvalue weighted by Gasteiger charge is 2.31. The van der Waals surface area contributed by atoms with Crippen molar-refractivity contribution >= 4 is 15.9 Å². The Bertz CT molecular complexity index is 316. The first-order valence-electron chi connectivity index (χ1n) is 5.11. The maximum absolute atomic E-state index is 6.13. The molecule has 1 aromatic rings. The Labute approximate surface area is 93.8 Å². The van der Waals surface area contributed by atoms with E-state index in [0.29, 0.717) is 5.92 Å². The van der Waals surface area contributed by atoms with Gasteiger partial charge in [0.05, 0.1) is 0 Å². The van der Waals surface area contributed by atoms with E-state index < -0.39 is 0 Å². The molecule has 0 heterocycles. The number of hydrogen-bond donors (Lipinski definition) is 1. The molecule has 1 saturated carbocycles.